The first-order chi connectivity index (χ1) is 6.61. The minimum atomic E-state index is -0.579. The fourth-order valence-electron chi connectivity index (χ4n) is 1.81. The van der Waals surface area contributed by atoms with E-state index in [1.165, 1.54) is 0 Å². The fraction of sp³-hybridized carbons (Fsp3) is 0.333. The summed E-state index contributed by atoms with van der Waals surface area (Å²) in [6.45, 7) is 9.33. The van der Waals surface area contributed by atoms with Crippen molar-refractivity contribution in [1.82, 2.24) is 0 Å². The second-order valence-corrected chi connectivity index (χ2v) is 14.1. The van der Waals surface area contributed by atoms with E-state index in [2.05, 4.69) is 37.6 Å². The molecule has 0 aromatic rings. The van der Waals surface area contributed by atoms with Gasteiger partial charge in [-0.2, -0.15) is 0 Å². The molecule has 0 aliphatic carbocycles. The first-order valence-electron chi connectivity index (χ1n) is 4.91. The maximum atomic E-state index is 2.50. The van der Waals surface area contributed by atoms with Crippen LogP contribution in [0.15, 0.2) is 36.4 Å². The summed E-state index contributed by atoms with van der Waals surface area (Å²) in [5.41, 5.74) is 4.87. The standard InChI is InChI=1S/C12H14.2Bi.2H/c1-6-10(3)8-9-12(5)11(4)7-2;;;;/h1,6H,2-5H3;;;;. The molecule has 0 atom stereocenters. The molecule has 2 heterocycles. The Kier molecular flexibility index (Phi) is 3.45. The number of hydrogen-bond acceptors (Lipinski definition) is 0. The molecule has 2 rings (SSSR count). The van der Waals surface area contributed by atoms with Crippen LogP contribution in [0.2, 0.25) is 0 Å². The van der Waals surface area contributed by atoms with Crippen LogP contribution < -0.4 is 0 Å². The van der Waals surface area contributed by atoms with E-state index in [0.717, 1.165) is 0 Å². The van der Waals surface area contributed by atoms with Crippen LogP contribution in [0.1, 0.15) is 27.7 Å². The van der Waals surface area contributed by atoms with Crippen molar-refractivity contribution in [3.05, 3.63) is 36.4 Å². The van der Waals surface area contributed by atoms with Crippen molar-refractivity contribution in [2.45, 2.75) is 27.7 Å². The molecule has 0 amide bonds. The summed E-state index contributed by atoms with van der Waals surface area (Å²) in [6, 6.07) is 0. The molecule has 0 saturated carbocycles. The second kappa shape index (κ2) is 4.30. The topological polar surface area (TPSA) is 0 Å². The molecule has 2 heteroatoms. The summed E-state index contributed by atoms with van der Waals surface area (Å²) < 4.78 is 7.98. The third-order valence-corrected chi connectivity index (χ3v) is 18.0. The predicted molar refractivity (Wildman–Crippen MR) is 67.2 cm³/mol. The van der Waals surface area contributed by atoms with E-state index in [4.69, 9.17) is 0 Å². The molecule has 0 radical (unpaired) electrons. The zero-order chi connectivity index (χ0) is 10.3. The van der Waals surface area contributed by atoms with Gasteiger partial charge in [-0.25, -0.2) is 0 Å². The Morgan fingerprint density at radius 3 is 2.07 bits per heavy atom. The first-order valence-corrected chi connectivity index (χ1v) is 13.0. The van der Waals surface area contributed by atoms with E-state index in [0.29, 0.717) is 0 Å². The third-order valence-electron chi connectivity index (χ3n) is 3.02. The predicted octanol–water partition coefficient (Wildman–Crippen LogP) is 2.24. The van der Waals surface area contributed by atoms with Crippen molar-refractivity contribution in [3.8, 4) is 0 Å². The minimum absolute atomic E-state index is 0.522. The van der Waals surface area contributed by atoms with Gasteiger partial charge in [-0.1, -0.05) is 0 Å². The summed E-state index contributed by atoms with van der Waals surface area (Å²) in [5.74, 6) is 0. The molecule has 14 heavy (non-hydrogen) atoms. The Labute approximate surface area is 109 Å². The molecule has 0 aromatic heterocycles. The summed E-state index contributed by atoms with van der Waals surface area (Å²) >= 11 is -1.10. The number of allylic oxidation sites excluding steroid dienone is 7. The van der Waals surface area contributed by atoms with Crippen LogP contribution in [-0.2, 0) is 0 Å². The van der Waals surface area contributed by atoms with Crippen molar-refractivity contribution in [3.63, 3.8) is 0 Å². The van der Waals surface area contributed by atoms with E-state index in [9.17, 15) is 0 Å². The van der Waals surface area contributed by atoms with E-state index >= 15 is 0 Å². The van der Waals surface area contributed by atoms with E-state index in [-0.39, 0.29) is 0 Å². The molecule has 0 unspecified atom stereocenters. The van der Waals surface area contributed by atoms with Crippen LogP contribution in [0, 0.1) is 0 Å². The molecule has 0 N–H and O–H groups in total. The van der Waals surface area contributed by atoms with Crippen LogP contribution >= 0.6 is 0 Å². The van der Waals surface area contributed by atoms with Crippen molar-refractivity contribution in [1.29, 1.82) is 0 Å². The zero-order valence-electron chi connectivity index (χ0n) is 9.15. The van der Waals surface area contributed by atoms with Gasteiger partial charge >= 0.3 is 111 Å². The Bertz CT molecular complexity index is 406. The molecule has 0 spiro atoms. The molecule has 0 aromatic carbocycles. The quantitative estimate of drug-likeness (QED) is 0.420. The first kappa shape index (κ1) is 11.2. The van der Waals surface area contributed by atoms with Gasteiger partial charge in [-0.3, -0.25) is 0 Å². The van der Waals surface area contributed by atoms with Crippen LogP contribution in [-0.4, -0.2) is 46.5 Å². The van der Waals surface area contributed by atoms with Gasteiger partial charge in [0.15, 0.2) is 0 Å². The molecule has 0 bridgehead atoms. The Hall–Kier alpha value is 0.726. The molecular weight excluding hydrogens is 562 g/mol. The van der Waals surface area contributed by atoms with Gasteiger partial charge in [0.1, 0.15) is 0 Å². The summed E-state index contributed by atoms with van der Waals surface area (Å²) in [4.78, 5) is 0. The molecule has 2 aliphatic rings. The summed E-state index contributed by atoms with van der Waals surface area (Å²) in [6.07, 6.45) is 2.37. The molecule has 0 nitrogen and oxygen atoms in total. The third kappa shape index (κ3) is 1.85. The molecular formula is C12H16Bi2. The van der Waals surface area contributed by atoms with Gasteiger partial charge in [-0.05, 0) is 0 Å². The van der Waals surface area contributed by atoms with Crippen LogP contribution in [0.4, 0.5) is 0 Å². The Morgan fingerprint density at radius 2 is 1.64 bits per heavy atom. The van der Waals surface area contributed by atoms with E-state index in [1.54, 1.807) is 20.0 Å². The molecule has 74 valence electrons. The van der Waals surface area contributed by atoms with Crippen molar-refractivity contribution in [2.75, 3.05) is 0 Å². The number of rotatable bonds is 1. The average Bonchev–Trinajstić information content (AvgIpc) is 2.66. The van der Waals surface area contributed by atoms with Crippen LogP contribution in [0.5, 0.6) is 0 Å². The molecule has 0 saturated heterocycles. The zero-order valence-corrected chi connectivity index (χ0v) is 16.9. The Morgan fingerprint density at radius 1 is 0.929 bits per heavy atom. The normalized spacial score (nSPS) is 22.0. The van der Waals surface area contributed by atoms with Crippen molar-refractivity contribution < 1.29 is 0 Å². The van der Waals surface area contributed by atoms with Crippen LogP contribution in [0.3, 0.4) is 0 Å². The fourth-order valence-corrected chi connectivity index (χ4v) is 16.5. The van der Waals surface area contributed by atoms with Gasteiger partial charge in [0.05, 0.1) is 0 Å². The van der Waals surface area contributed by atoms with Gasteiger partial charge in [0.25, 0.3) is 0 Å². The average molecular weight is 578 g/mol. The van der Waals surface area contributed by atoms with Crippen molar-refractivity contribution >= 4 is 46.5 Å². The van der Waals surface area contributed by atoms with Gasteiger partial charge in [0, 0.05) is 0 Å². The number of hydrogen-bond donors (Lipinski definition) is 0. The maximum absolute atomic E-state index is 2.50. The summed E-state index contributed by atoms with van der Waals surface area (Å²) in [7, 11) is 0. The van der Waals surface area contributed by atoms with Crippen LogP contribution in [0.25, 0.3) is 0 Å². The Balaban J connectivity index is 2.37. The summed E-state index contributed by atoms with van der Waals surface area (Å²) in [5, 5.41) is 0. The SMILES string of the molecule is CC1=[C]([C]2=C(C)C(C)=[C](C)[BiH]2)[BiH][CH]=C1. The van der Waals surface area contributed by atoms with E-state index < -0.39 is 46.5 Å². The van der Waals surface area contributed by atoms with Gasteiger partial charge in [0.2, 0.25) is 0 Å². The van der Waals surface area contributed by atoms with Gasteiger partial charge < -0.3 is 0 Å². The van der Waals surface area contributed by atoms with Gasteiger partial charge in [-0.15, -0.1) is 0 Å². The van der Waals surface area contributed by atoms with Crippen molar-refractivity contribution in [2.24, 2.45) is 0 Å². The molecule has 2 aliphatic heterocycles. The van der Waals surface area contributed by atoms with E-state index in [1.807, 2.05) is 6.56 Å². The monoisotopic (exact) mass is 578 g/mol. The molecule has 0 fully saturated rings. The second-order valence-electron chi connectivity index (χ2n) is 3.91.